The highest BCUT2D eigenvalue weighted by Gasteiger charge is 2.71. The molecule has 1 aromatic rings. The number of likely N-dealkylation sites (tertiary alicyclic amines) is 1. The van der Waals surface area contributed by atoms with Gasteiger partial charge in [0.1, 0.15) is 18.0 Å². The smallest absolute Gasteiger partial charge is 0.351 e. The number of rotatable bonds is 5. The van der Waals surface area contributed by atoms with Crippen LogP contribution in [-0.4, -0.2) is 55.6 Å². The minimum atomic E-state index is -3.75. The molecule has 3 heterocycles. The Bertz CT molecular complexity index is 1030. The highest BCUT2D eigenvalue weighted by Crippen LogP contribution is 2.59. The molecule has 2 aliphatic rings. The molecule has 12 heteroatoms. The van der Waals surface area contributed by atoms with Crippen LogP contribution in [0.3, 0.4) is 0 Å². The highest BCUT2D eigenvalue weighted by atomic mass is 32.5. The van der Waals surface area contributed by atoms with Crippen LogP contribution in [0.4, 0.5) is 5.82 Å². The zero-order chi connectivity index (χ0) is 24.4. The lowest BCUT2D eigenvalue weighted by Crippen LogP contribution is -2.52. The summed E-state index contributed by atoms with van der Waals surface area (Å²) in [7, 11) is 1.62. The Morgan fingerprint density at radius 1 is 1.31 bits per heavy atom. The summed E-state index contributed by atoms with van der Waals surface area (Å²) in [5.41, 5.74) is 3.21. The summed E-state index contributed by atoms with van der Waals surface area (Å²) in [5, 5.41) is 0. The number of nitrogens with two attached hydrogens (primary N) is 1. The van der Waals surface area contributed by atoms with Crippen molar-refractivity contribution < 1.29 is 23.5 Å². The van der Waals surface area contributed by atoms with Gasteiger partial charge in [-0.25, -0.2) is 4.79 Å². The highest BCUT2D eigenvalue weighted by molar-refractivity contribution is 8.07. The summed E-state index contributed by atoms with van der Waals surface area (Å²) < 4.78 is 19.3. The van der Waals surface area contributed by atoms with Crippen LogP contribution in [0.1, 0.15) is 59.8 Å². The Morgan fingerprint density at radius 2 is 1.91 bits per heavy atom. The minimum absolute atomic E-state index is 0.125. The molecule has 10 nitrogen and oxygen atoms in total. The number of amides is 1. The second-order valence-corrected chi connectivity index (χ2v) is 13.5. The Balaban J connectivity index is 2.12. The van der Waals surface area contributed by atoms with E-state index in [0.717, 1.165) is 0 Å². The summed E-state index contributed by atoms with van der Waals surface area (Å²) in [4.78, 5) is 42.3. The maximum Gasteiger partial charge on any atom is 0.351 e. The van der Waals surface area contributed by atoms with Crippen molar-refractivity contribution in [1.29, 1.82) is 0 Å². The molecule has 1 amide bonds. The van der Waals surface area contributed by atoms with Crippen molar-refractivity contribution in [1.82, 2.24) is 14.5 Å². The van der Waals surface area contributed by atoms with E-state index in [0.29, 0.717) is 5.56 Å². The zero-order valence-corrected chi connectivity index (χ0v) is 21.5. The number of morpholine rings is 1. The second-order valence-electron chi connectivity index (χ2n) is 10.7. The van der Waals surface area contributed by atoms with E-state index in [9.17, 15) is 14.5 Å². The molecule has 3 N–H and O–H groups in total. The van der Waals surface area contributed by atoms with E-state index in [1.54, 1.807) is 40.9 Å². The number of hydrogen-bond donors (Lipinski definition) is 2. The molecule has 0 spiro atoms. The third-order valence-electron chi connectivity index (χ3n) is 5.40. The second kappa shape index (κ2) is 7.85. The Labute approximate surface area is 193 Å². The lowest BCUT2D eigenvalue weighted by Gasteiger charge is -2.38. The largest absolute Gasteiger partial charge is 0.383 e. The van der Waals surface area contributed by atoms with Crippen molar-refractivity contribution in [2.75, 3.05) is 12.8 Å². The number of ether oxygens (including phenoxy) is 1. The average molecular weight is 489 g/mol. The number of likely N-dealkylation sites (N-methyl/N-ethyl adjacent to an activating group) is 1. The van der Waals surface area contributed by atoms with Gasteiger partial charge in [0.05, 0.1) is 5.60 Å². The van der Waals surface area contributed by atoms with E-state index < -0.39 is 42.0 Å². The predicted molar refractivity (Wildman–Crippen MR) is 123 cm³/mol. The van der Waals surface area contributed by atoms with Crippen LogP contribution in [0.25, 0.3) is 0 Å². The van der Waals surface area contributed by atoms with Gasteiger partial charge >= 0.3 is 12.4 Å². The molecule has 2 unspecified atom stereocenters. The molecule has 180 valence electrons. The van der Waals surface area contributed by atoms with E-state index in [1.807, 2.05) is 20.8 Å². The van der Waals surface area contributed by atoms with Crippen molar-refractivity contribution in [3.05, 3.63) is 22.2 Å². The Morgan fingerprint density at radius 3 is 2.44 bits per heavy atom. The predicted octanol–water partition coefficient (Wildman–Crippen LogP) is 2.10. The van der Waals surface area contributed by atoms with Crippen LogP contribution in [0.2, 0.25) is 0 Å². The number of aromatic nitrogens is 2. The van der Waals surface area contributed by atoms with Gasteiger partial charge in [-0.3, -0.25) is 13.9 Å². The van der Waals surface area contributed by atoms with Gasteiger partial charge in [-0.1, -0.05) is 20.8 Å². The van der Waals surface area contributed by atoms with Crippen LogP contribution in [0.5, 0.6) is 0 Å². The third-order valence-corrected chi connectivity index (χ3v) is 7.15. The SMILES string of the molecule is Cc1cn([C@@H]2O[C@@]3(CC(C)(C)C)C(=O)N(C)C2[C@H]3OP(O)(=S)OC(C)(C)C)c(=O)nc1N. The molecule has 32 heavy (non-hydrogen) atoms. The van der Waals surface area contributed by atoms with Gasteiger partial charge in [-0.2, -0.15) is 4.98 Å². The summed E-state index contributed by atoms with van der Waals surface area (Å²) >= 11 is 5.29. The van der Waals surface area contributed by atoms with Crippen LogP contribution >= 0.6 is 6.72 Å². The molecule has 0 saturated carbocycles. The quantitative estimate of drug-likeness (QED) is 0.599. The van der Waals surface area contributed by atoms with E-state index in [1.165, 1.54) is 9.47 Å². The van der Waals surface area contributed by atoms with Gasteiger partial charge < -0.3 is 24.8 Å². The molecule has 5 atom stereocenters. The van der Waals surface area contributed by atoms with Crippen LogP contribution < -0.4 is 11.4 Å². The van der Waals surface area contributed by atoms with Crippen molar-refractivity contribution >= 4 is 30.3 Å². The van der Waals surface area contributed by atoms with E-state index >= 15 is 0 Å². The fourth-order valence-electron chi connectivity index (χ4n) is 4.42. The fourth-order valence-corrected chi connectivity index (χ4v) is 6.69. The van der Waals surface area contributed by atoms with E-state index in [-0.39, 0.29) is 23.6 Å². The first-order valence-electron chi connectivity index (χ1n) is 10.4. The van der Waals surface area contributed by atoms with Gasteiger partial charge in [0.25, 0.3) is 5.91 Å². The number of hydrogen-bond acceptors (Lipinski definition) is 8. The topological polar surface area (TPSA) is 129 Å². The van der Waals surface area contributed by atoms with Crippen molar-refractivity contribution in [2.45, 2.75) is 84.5 Å². The Hall–Kier alpha value is -1.36. The zero-order valence-electron chi connectivity index (χ0n) is 19.8. The monoisotopic (exact) mass is 488 g/mol. The Kier molecular flexibility index (Phi) is 6.20. The lowest BCUT2D eigenvalue weighted by atomic mass is 9.80. The van der Waals surface area contributed by atoms with Crippen molar-refractivity contribution in [3.8, 4) is 0 Å². The molecule has 3 rings (SSSR count). The van der Waals surface area contributed by atoms with Crippen LogP contribution in [-0.2, 0) is 30.4 Å². The van der Waals surface area contributed by atoms with Gasteiger partial charge in [0.15, 0.2) is 11.8 Å². The van der Waals surface area contributed by atoms with Gasteiger partial charge in [-0.05, 0) is 51.3 Å². The number of aryl methyl sites for hydroxylation is 1. The van der Waals surface area contributed by atoms with E-state index in [4.69, 9.17) is 31.3 Å². The van der Waals surface area contributed by atoms with Crippen LogP contribution in [0.15, 0.2) is 11.0 Å². The molecular weight excluding hydrogens is 455 g/mol. The first-order valence-corrected chi connectivity index (χ1v) is 13.0. The number of nitrogen functional groups attached to an aromatic ring is 1. The molecule has 0 aliphatic carbocycles. The maximum atomic E-state index is 13.4. The first kappa shape index (κ1) is 25.3. The number of nitrogens with zero attached hydrogens (tertiary/aromatic N) is 3. The number of carbonyl (C=O) groups excluding carboxylic acids is 1. The summed E-state index contributed by atoms with van der Waals surface area (Å²) in [6.07, 6.45) is -0.0141. The van der Waals surface area contributed by atoms with E-state index in [2.05, 4.69) is 4.98 Å². The molecule has 2 fully saturated rings. The van der Waals surface area contributed by atoms with Crippen LogP contribution in [0, 0.1) is 12.3 Å². The maximum absolute atomic E-state index is 13.4. The molecule has 1 aromatic heterocycles. The standard InChI is InChI=1S/C20H33N4O6PS/c1-11-9-24(17(26)22-14(11)21)15-12-13(29-31(27,32)30-19(5,6)7)20(28-15,10-18(2,3)4)16(25)23(12)8/h9,12-13,15H,10H2,1-8H3,(H,27,32)(H2,21,22,26)/t12?,13-,15-,20-,31?/m1/s1. The van der Waals surface area contributed by atoms with Gasteiger partial charge in [-0.15, -0.1) is 0 Å². The molecule has 0 radical (unpaired) electrons. The molecule has 2 bridgehead atoms. The van der Waals surface area contributed by atoms with Crippen molar-refractivity contribution in [3.63, 3.8) is 0 Å². The fraction of sp³-hybridized carbons (Fsp3) is 0.750. The van der Waals surface area contributed by atoms with Gasteiger partial charge in [0, 0.05) is 18.8 Å². The average Bonchev–Trinajstić information content (AvgIpc) is 2.94. The number of fused-ring (bicyclic) bond motifs is 2. The minimum Gasteiger partial charge on any atom is -0.383 e. The molecule has 2 saturated heterocycles. The number of anilines is 1. The third kappa shape index (κ3) is 4.64. The normalized spacial score (nSPS) is 30.1. The lowest BCUT2D eigenvalue weighted by molar-refractivity contribution is -0.180. The summed E-state index contributed by atoms with van der Waals surface area (Å²) in [6, 6.07) is -0.731. The summed E-state index contributed by atoms with van der Waals surface area (Å²) in [5.74, 6) is -0.168. The first-order chi connectivity index (χ1) is 14.4. The molecule has 0 aromatic carbocycles. The summed E-state index contributed by atoms with van der Waals surface area (Å²) in [6.45, 7) is 9.13. The molecule has 2 aliphatic heterocycles. The van der Waals surface area contributed by atoms with Gasteiger partial charge in [0.2, 0.25) is 0 Å². The number of carbonyl (C=O) groups is 1. The van der Waals surface area contributed by atoms with Crippen molar-refractivity contribution in [2.24, 2.45) is 5.41 Å². The molecular formula is C20H33N4O6PS.